The average molecular weight is 408 g/mol. The summed E-state index contributed by atoms with van der Waals surface area (Å²) in [6.45, 7) is 1.75. The van der Waals surface area contributed by atoms with Crippen LogP contribution in [0.2, 0.25) is 0 Å². The Balaban J connectivity index is 1.67. The number of pyridine rings is 1. The van der Waals surface area contributed by atoms with Crippen LogP contribution in [0.15, 0.2) is 51.8 Å². The average Bonchev–Trinajstić information content (AvgIpc) is 3.40. The highest BCUT2D eigenvalue weighted by Gasteiger charge is 2.25. The van der Waals surface area contributed by atoms with Crippen molar-refractivity contribution in [2.24, 2.45) is 0 Å². The fourth-order valence-corrected chi connectivity index (χ4v) is 3.32. The number of thiazole rings is 1. The lowest BCUT2D eigenvalue weighted by molar-refractivity contribution is -0.0720. The van der Waals surface area contributed by atoms with Crippen LogP contribution in [0.1, 0.15) is 12.5 Å². The molecule has 29 heavy (non-hydrogen) atoms. The largest absolute Gasteiger partial charge is 0.414 e. The van der Waals surface area contributed by atoms with Crippen LogP contribution in [-0.4, -0.2) is 44.3 Å². The maximum Gasteiger partial charge on any atom is 0.267 e. The fraction of sp³-hybridized carbons (Fsp3) is 0.200. The van der Waals surface area contributed by atoms with Gasteiger partial charge in [0.05, 0.1) is 11.1 Å². The fourth-order valence-electron chi connectivity index (χ4n) is 2.79. The summed E-state index contributed by atoms with van der Waals surface area (Å²) in [6, 6.07) is 9.49. The van der Waals surface area contributed by atoms with Crippen molar-refractivity contribution in [3.63, 3.8) is 0 Å². The molecule has 0 aliphatic heterocycles. The zero-order chi connectivity index (χ0) is 20.6. The van der Waals surface area contributed by atoms with Crippen LogP contribution in [0.3, 0.4) is 0 Å². The Bertz CT molecular complexity index is 1120. The number of aromatic nitrogens is 4. The van der Waals surface area contributed by atoms with Crippen molar-refractivity contribution in [2.75, 3.05) is 19.8 Å². The molecule has 0 spiro atoms. The van der Waals surface area contributed by atoms with Gasteiger partial charge in [0, 0.05) is 17.1 Å². The molecule has 1 aromatic carbocycles. The van der Waals surface area contributed by atoms with E-state index in [2.05, 4.69) is 20.2 Å². The molecule has 9 heteroatoms. The van der Waals surface area contributed by atoms with E-state index in [1.165, 1.54) is 11.3 Å². The maximum absolute atomic E-state index is 10.6. The van der Waals surface area contributed by atoms with Crippen LogP contribution < -0.4 is 5.73 Å². The van der Waals surface area contributed by atoms with E-state index in [1.54, 1.807) is 23.5 Å². The van der Waals surface area contributed by atoms with Gasteiger partial charge in [0.1, 0.15) is 17.2 Å². The third-order valence-corrected chi connectivity index (χ3v) is 5.45. The Hall–Kier alpha value is -3.14. The number of nitrogens with zero attached hydrogens (tertiary/aromatic N) is 5. The van der Waals surface area contributed by atoms with Gasteiger partial charge in [-0.2, -0.15) is 0 Å². The third-order valence-electron chi connectivity index (χ3n) is 4.86. The van der Waals surface area contributed by atoms with Crippen molar-refractivity contribution in [1.29, 1.82) is 0 Å². The van der Waals surface area contributed by atoms with Gasteiger partial charge >= 0.3 is 0 Å². The molecular weight excluding hydrogens is 388 g/mol. The Labute approximate surface area is 171 Å². The molecule has 3 N–H and O–H groups in total. The number of nitrogen functional groups attached to an aromatic ring is 1. The Morgan fingerprint density at radius 1 is 1.07 bits per heavy atom. The Morgan fingerprint density at radius 2 is 1.79 bits per heavy atom. The summed E-state index contributed by atoms with van der Waals surface area (Å²) in [4.78, 5) is 10.2. The molecule has 0 saturated carbocycles. The van der Waals surface area contributed by atoms with Gasteiger partial charge in [0.25, 0.3) is 11.8 Å². The summed E-state index contributed by atoms with van der Waals surface area (Å²) in [5.74, 6) is 0.919. The molecule has 4 aromatic rings. The summed E-state index contributed by atoms with van der Waals surface area (Å²) >= 11 is 1.45. The van der Waals surface area contributed by atoms with Crippen molar-refractivity contribution < 1.29 is 9.52 Å². The molecular formula is C20H20N6O2S. The summed E-state index contributed by atoms with van der Waals surface area (Å²) < 4.78 is 5.74. The van der Waals surface area contributed by atoms with Crippen LogP contribution in [0.5, 0.6) is 0 Å². The van der Waals surface area contributed by atoms with Gasteiger partial charge in [0.2, 0.25) is 0 Å². The highest BCUT2D eigenvalue weighted by Crippen LogP contribution is 2.32. The van der Waals surface area contributed by atoms with Gasteiger partial charge in [-0.15, -0.1) is 21.5 Å². The predicted molar refractivity (Wildman–Crippen MR) is 112 cm³/mol. The summed E-state index contributed by atoms with van der Waals surface area (Å²) in [6.07, 6.45) is 1.69. The van der Waals surface area contributed by atoms with E-state index in [0.717, 1.165) is 16.7 Å². The summed E-state index contributed by atoms with van der Waals surface area (Å²) in [5, 5.41) is 20.6. The second kappa shape index (κ2) is 7.36. The number of nitrogens with two attached hydrogens (primary N) is 1. The third kappa shape index (κ3) is 3.63. The van der Waals surface area contributed by atoms with Crippen LogP contribution in [0, 0.1) is 0 Å². The van der Waals surface area contributed by atoms with E-state index in [9.17, 15) is 5.11 Å². The zero-order valence-corrected chi connectivity index (χ0v) is 17.0. The number of hydrogen-bond acceptors (Lipinski definition) is 9. The first kappa shape index (κ1) is 19.2. The second-order valence-corrected chi connectivity index (χ2v) is 7.65. The molecule has 3 aromatic heterocycles. The van der Waals surface area contributed by atoms with E-state index in [1.807, 2.05) is 49.8 Å². The SMILES string of the molecule is CN(C)C(C)(O)c1ccc(-c2cnc(N)c(-c3nnc(-c4cscn4)o3)c2)cc1. The number of hydrogen-bond donors (Lipinski definition) is 2. The lowest BCUT2D eigenvalue weighted by Crippen LogP contribution is -2.38. The standard InChI is InChI=1S/C20H20N6O2S/c1-20(27,26(2)3)14-6-4-12(5-7-14)13-8-15(17(21)22-9-13)18-24-25-19(28-18)16-10-29-11-23-16/h4-11,27H,1-3H3,(H2,21,22). The van der Waals surface area contributed by atoms with Gasteiger partial charge in [-0.05, 0) is 38.2 Å². The van der Waals surface area contributed by atoms with Crippen LogP contribution in [0.4, 0.5) is 5.82 Å². The van der Waals surface area contributed by atoms with Crippen molar-refractivity contribution in [3.8, 4) is 34.2 Å². The molecule has 1 unspecified atom stereocenters. The minimum absolute atomic E-state index is 0.284. The van der Waals surface area contributed by atoms with Crippen LogP contribution in [-0.2, 0) is 5.72 Å². The highest BCUT2D eigenvalue weighted by molar-refractivity contribution is 7.07. The molecule has 0 aliphatic rings. The van der Waals surface area contributed by atoms with E-state index < -0.39 is 5.72 Å². The van der Waals surface area contributed by atoms with Crippen molar-refractivity contribution in [2.45, 2.75) is 12.6 Å². The van der Waals surface area contributed by atoms with Gasteiger partial charge < -0.3 is 15.3 Å². The van der Waals surface area contributed by atoms with Crippen LogP contribution >= 0.6 is 11.3 Å². The lowest BCUT2D eigenvalue weighted by Gasteiger charge is -2.31. The molecule has 1 atom stereocenters. The minimum Gasteiger partial charge on any atom is -0.414 e. The van der Waals surface area contributed by atoms with E-state index in [-0.39, 0.29) is 5.89 Å². The van der Waals surface area contributed by atoms with Crippen molar-refractivity contribution >= 4 is 17.2 Å². The maximum atomic E-state index is 10.6. The molecule has 4 rings (SSSR count). The quantitative estimate of drug-likeness (QED) is 0.484. The first-order valence-corrected chi connectivity index (χ1v) is 9.79. The number of rotatable bonds is 5. The predicted octanol–water partition coefficient (Wildman–Crippen LogP) is 3.23. The monoisotopic (exact) mass is 408 g/mol. The first-order chi connectivity index (χ1) is 13.9. The van der Waals surface area contributed by atoms with E-state index in [4.69, 9.17) is 10.2 Å². The zero-order valence-electron chi connectivity index (χ0n) is 16.2. The summed E-state index contributed by atoms with van der Waals surface area (Å²) in [7, 11) is 3.66. The smallest absolute Gasteiger partial charge is 0.267 e. The number of benzene rings is 1. The normalized spacial score (nSPS) is 13.6. The highest BCUT2D eigenvalue weighted by atomic mass is 32.1. The molecule has 0 aliphatic carbocycles. The topological polar surface area (TPSA) is 114 Å². The van der Waals surface area contributed by atoms with Crippen LogP contribution in [0.25, 0.3) is 34.2 Å². The van der Waals surface area contributed by atoms with Crippen molar-refractivity contribution in [1.82, 2.24) is 25.1 Å². The first-order valence-electron chi connectivity index (χ1n) is 8.85. The van der Waals surface area contributed by atoms with Crippen molar-refractivity contribution in [3.05, 3.63) is 53.0 Å². The summed E-state index contributed by atoms with van der Waals surface area (Å²) in [5.41, 5.74) is 10.4. The molecule has 3 heterocycles. The Kier molecular flexibility index (Phi) is 4.87. The molecule has 148 valence electrons. The number of aliphatic hydroxyl groups is 1. The van der Waals surface area contributed by atoms with Gasteiger partial charge in [-0.25, -0.2) is 9.97 Å². The lowest BCUT2D eigenvalue weighted by atomic mass is 9.99. The van der Waals surface area contributed by atoms with Gasteiger partial charge in [0.15, 0.2) is 0 Å². The van der Waals surface area contributed by atoms with E-state index in [0.29, 0.717) is 23.0 Å². The Morgan fingerprint density at radius 3 is 2.45 bits per heavy atom. The molecule has 0 bridgehead atoms. The molecule has 8 nitrogen and oxygen atoms in total. The molecule has 0 saturated heterocycles. The van der Waals surface area contributed by atoms with Gasteiger partial charge in [-0.3, -0.25) is 4.90 Å². The molecule has 0 radical (unpaired) electrons. The number of anilines is 1. The molecule has 0 fully saturated rings. The molecule has 0 amide bonds. The van der Waals surface area contributed by atoms with E-state index >= 15 is 0 Å². The second-order valence-electron chi connectivity index (χ2n) is 6.94. The minimum atomic E-state index is -1.06. The van der Waals surface area contributed by atoms with Gasteiger partial charge in [-0.1, -0.05) is 24.3 Å².